The van der Waals surface area contributed by atoms with Crippen molar-refractivity contribution in [1.29, 1.82) is 0 Å². The first kappa shape index (κ1) is 14.7. The average Bonchev–Trinajstić information content (AvgIpc) is 3.04. The van der Waals surface area contributed by atoms with Gasteiger partial charge in [0.05, 0.1) is 18.3 Å². The van der Waals surface area contributed by atoms with E-state index in [0.29, 0.717) is 5.56 Å². The number of nitrogens with zero attached hydrogens (tertiary/aromatic N) is 2. The molecule has 4 heteroatoms. The third-order valence-corrected chi connectivity index (χ3v) is 4.35. The molecule has 3 rings (SSSR count). The number of pyridine rings is 1. The average molecular weight is 296 g/mol. The molecule has 0 saturated carbocycles. The molecule has 22 heavy (non-hydrogen) atoms. The number of aliphatic hydroxyl groups is 1. The van der Waals surface area contributed by atoms with Gasteiger partial charge in [-0.2, -0.15) is 0 Å². The minimum Gasteiger partial charge on any atom is -0.394 e. The quantitative estimate of drug-likeness (QED) is 0.947. The number of hydrogen-bond acceptors (Lipinski definition) is 3. The van der Waals surface area contributed by atoms with Crippen molar-refractivity contribution in [3.8, 4) is 11.3 Å². The lowest BCUT2D eigenvalue weighted by atomic mass is 9.98. The third kappa shape index (κ3) is 2.62. The van der Waals surface area contributed by atoms with Crippen LogP contribution >= 0.6 is 0 Å². The van der Waals surface area contributed by atoms with Gasteiger partial charge in [-0.15, -0.1) is 0 Å². The molecule has 1 aromatic carbocycles. The Balaban J connectivity index is 1.97. The number of carbonyl (C=O) groups excluding carboxylic acids is 1. The third-order valence-electron chi connectivity index (χ3n) is 4.35. The Kier molecular flexibility index (Phi) is 4.20. The second-order valence-corrected chi connectivity index (χ2v) is 5.67. The molecule has 0 radical (unpaired) electrons. The van der Waals surface area contributed by atoms with Crippen LogP contribution in [0.15, 0.2) is 42.6 Å². The van der Waals surface area contributed by atoms with Gasteiger partial charge < -0.3 is 10.0 Å². The van der Waals surface area contributed by atoms with Crippen LogP contribution in [0.3, 0.4) is 0 Å². The highest BCUT2D eigenvalue weighted by molar-refractivity contribution is 5.97. The Labute approximate surface area is 130 Å². The van der Waals surface area contributed by atoms with E-state index in [0.717, 1.165) is 36.2 Å². The van der Waals surface area contributed by atoms with Gasteiger partial charge in [0.25, 0.3) is 5.91 Å². The Morgan fingerprint density at radius 1 is 1.32 bits per heavy atom. The van der Waals surface area contributed by atoms with Crippen LogP contribution in [0, 0.1) is 6.92 Å². The summed E-state index contributed by atoms with van der Waals surface area (Å²) < 4.78 is 0. The molecule has 2 aromatic rings. The van der Waals surface area contributed by atoms with E-state index < -0.39 is 0 Å². The maximum absolute atomic E-state index is 12.8. The normalized spacial score (nSPS) is 17.7. The molecule has 1 amide bonds. The van der Waals surface area contributed by atoms with Gasteiger partial charge in [-0.3, -0.25) is 9.78 Å². The largest absolute Gasteiger partial charge is 0.394 e. The number of carbonyl (C=O) groups is 1. The van der Waals surface area contributed by atoms with Gasteiger partial charge in [0, 0.05) is 23.9 Å². The zero-order chi connectivity index (χ0) is 15.5. The summed E-state index contributed by atoms with van der Waals surface area (Å²) in [7, 11) is 0. The molecule has 1 N–H and O–H groups in total. The predicted octanol–water partition coefficient (Wildman–Crippen LogP) is 2.65. The van der Waals surface area contributed by atoms with Gasteiger partial charge in [0.15, 0.2) is 0 Å². The molecule has 1 aliphatic heterocycles. The van der Waals surface area contributed by atoms with Crippen molar-refractivity contribution in [3.05, 3.63) is 53.7 Å². The highest BCUT2D eigenvalue weighted by atomic mass is 16.3. The van der Waals surface area contributed by atoms with E-state index in [1.165, 1.54) is 0 Å². The first-order chi connectivity index (χ1) is 10.7. The number of aliphatic hydroxyl groups excluding tert-OH is 1. The summed E-state index contributed by atoms with van der Waals surface area (Å²) in [5.41, 5.74) is 3.49. The Hall–Kier alpha value is -2.20. The summed E-state index contributed by atoms with van der Waals surface area (Å²) in [4.78, 5) is 19.0. The van der Waals surface area contributed by atoms with Crippen molar-refractivity contribution in [3.63, 3.8) is 0 Å². The molecule has 4 nitrogen and oxygen atoms in total. The van der Waals surface area contributed by atoms with Crippen molar-refractivity contribution < 1.29 is 9.90 Å². The number of likely N-dealkylation sites (tertiary alicyclic amines) is 1. The van der Waals surface area contributed by atoms with Gasteiger partial charge in [-0.25, -0.2) is 0 Å². The number of aromatic nitrogens is 1. The topological polar surface area (TPSA) is 53.4 Å². The van der Waals surface area contributed by atoms with Gasteiger partial charge in [-0.05, 0) is 43.5 Å². The lowest BCUT2D eigenvalue weighted by Gasteiger charge is -2.24. The van der Waals surface area contributed by atoms with Crippen LogP contribution < -0.4 is 0 Å². The van der Waals surface area contributed by atoms with Gasteiger partial charge in [-0.1, -0.05) is 18.2 Å². The van der Waals surface area contributed by atoms with Crippen molar-refractivity contribution in [2.45, 2.75) is 25.8 Å². The second-order valence-electron chi connectivity index (χ2n) is 5.67. The molecule has 1 saturated heterocycles. The van der Waals surface area contributed by atoms with E-state index in [1.54, 1.807) is 11.1 Å². The van der Waals surface area contributed by atoms with Crippen LogP contribution in [0.4, 0.5) is 0 Å². The molecule has 1 aromatic heterocycles. The predicted molar refractivity (Wildman–Crippen MR) is 85.6 cm³/mol. The van der Waals surface area contributed by atoms with E-state index in [-0.39, 0.29) is 18.6 Å². The summed E-state index contributed by atoms with van der Waals surface area (Å²) in [5.74, 6) is 0.00633. The fourth-order valence-corrected chi connectivity index (χ4v) is 3.11. The molecule has 0 unspecified atom stereocenters. The smallest absolute Gasteiger partial charge is 0.254 e. The number of rotatable bonds is 3. The number of amides is 1. The van der Waals surface area contributed by atoms with E-state index >= 15 is 0 Å². The molecule has 1 fully saturated rings. The Bertz CT molecular complexity index is 670. The highest BCUT2D eigenvalue weighted by Crippen LogP contribution is 2.27. The first-order valence-electron chi connectivity index (χ1n) is 7.65. The van der Waals surface area contributed by atoms with Crippen LogP contribution in [-0.4, -0.2) is 40.1 Å². The minimum atomic E-state index is -0.0505. The fraction of sp³-hybridized carbons (Fsp3) is 0.333. The van der Waals surface area contributed by atoms with Crippen molar-refractivity contribution in [2.75, 3.05) is 13.2 Å². The molecule has 2 heterocycles. The monoisotopic (exact) mass is 296 g/mol. The molecule has 0 bridgehead atoms. The zero-order valence-electron chi connectivity index (χ0n) is 12.7. The minimum absolute atomic E-state index is 0.00633. The lowest BCUT2D eigenvalue weighted by Crippen LogP contribution is -2.38. The molecular formula is C18H20N2O2. The molecule has 1 aliphatic rings. The summed E-state index contributed by atoms with van der Waals surface area (Å²) >= 11 is 0. The van der Waals surface area contributed by atoms with Gasteiger partial charge in [0.1, 0.15) is 0 Å². The summed E-state index contributed by atoms with van der Waals surface area (Å²) in [6, 6.07) is 11.5. The molecule has 114 valence electrons. The van der Waals surface area contributed by atoms with Crippen molar-refractivity contribution in [1.82, 2.24) is 9.88 Å². The number of benzene rings is 1. The van der Waals surface area contributed by atoms with Gasteiger partial charge in [0.2, 0.25) is 0 Å². The summed E-state index contributed by atoms with van der Waals surface area (Å²) in [6.07, 6.45) is 3.59. The zero-order valence-corrected chi connectivity index (χ0v) is 12.7. The maximum atomic E-state index is 12.8. The molecule has 1 atom stereocenters. The van der Waals surface area contributed by atoms with Crippen LogP contribution in [0.2, 0.25) is 0 Å². The Morgan fingerprint density at radius 3 is 2.91 bits per heavy atom. The van der Waals surface area contributed by atoms with E-state index in [9.17, 15) is 9.90 Å². The van der Waals surface area contributed by atoms with E-state index in [2.05, 4.69) is 4.98 Å². The summed E-state index contributed by atoms with van der Waals surface area (Å²) in [5, 5.41) is 9.43. The molecule has 0 spiro atoms. The van der Waals surface area contributed by atoms with E-state index in [4.69, 9.17) is 0 Å². The highest BCUT2D eigenvalue weighted by Gasteiger charge is 2.29. The van der Waals surface area contributed by atoms with Crippen molar-refractivity contribution >= 4 is 5.91 Å². The van der Waals surface area contributed by atoms with Crippen LogP contribution in [0.25, 0.3) is 11.3 Å². The Morgan fingerprint density at radius 2 is 2.18 bits per heavy atom. The van der Waals surface area contributed by atoms with Crippen molar-refractivity contribution in [2.24, 2.45) is 0 Å². The molecule has 0 aliphatic carbocycles. The van der Waals surface area contributed by atoms with Gasteiger partial charge >= 0.3 is 0 Å². The van der Waals surface area contributed by atoms with Crippen LogP contribution in [-0.2, 0) is 0 Å². The lowest BCUT2D eigenvalue weighted by molar-refractivity contribution is 0.0677. The maximum Gasteiger partial charge on any atom is 0.254 e. The fourth-order valence-electron chi connectivity index (χ4n) is 3.11. The second kappa shape index (κ2) is 6.28. The van der Waals surface area contributed by atoms with Crippen LogP contribution in [0.1, 0.15) is 28.8 Å². The molecular weight excluding hydrogens is 276 g/mol. The van der Waals surface area contributed by atoms with E-state index in [1.807, 2.05) is 43.3 Å². The summed E-state index contributed by atoms with van der Waals surface area (Å²) in [6.45, 7) is 2.71. The number of hydrogen-bond donors (Lipinski definition) is 1. The van der Waals surface area contributed by atoms with Crippen LogP contribution in [0.5, 0.6) is 0 Å². The SMILES string of the molecule is Cc1c(C(=O)N2CCC[C@H]2CO)cccc1-c1ccccn1. The standard InChI is InChI=1S/C18H20N2O2/c1-13-15(17-9-2-3-10-19-17)7-4-8-16(13)18(22)20-11-5-6-14(20)12-21/h2-4,7-10,14,21H,5-6,11-12H2,1H3/t14-/m0/s1. The first-order valence-corrected chi connectivity index (χ1v) is 7.65.